The van der Waals surface area contributed by atoms with Crippen LogP contribution in [0.25, 0.3) is 0 Å². The molecule has 0 unspecified atom stereocenters. The summed E-state index contributed by atoms with van der Waals surface area (Å²) in [5, 5.41) is 9.48. The van der Waals surface area contributed by atoms with Crippen LogP contribution in [-0.2, 0) is 11.2 Å². The van der Waals surface area contributed by atoms with Gasteiger partial charge >= 0.3 is 0 Å². The summed E-state index contributed by atoms with van der Waals surface area (Å²) in [6, 6.07) is 8.76. The van der Waals surface area contributed by atoms with E-state index in [9.17, 15) is 14.4 Å². The van der Waals surface area contributed by atoms with Crippen LogP contribution in [0.4, 0.5) is 17.2 Å². The molecule has 0 spiro atoms. The zero-order valence-corrected chi connectivity index (χ0v) is 19.0. The summed E-state index contributed by atoms with van der Waals surface area (Å²) in [6.07, 6.45) is 3.03. The van der Waals surface area contributed by atoms with E-state index in [1.54, 1.807) is 13.8 Å². The maximum absolute atomic E-state index is 12.8. The van der Waals surface area contributed by atoms with E-state index in [1.165, 1.54) is 23.1 Å². The van der Waals surface area contributed by atoms with Crippen molar-refractivity contribution < 1.29 is 14.4 Å². The number of pyridine rings is 1. The standard InChI is InChI=1S/C21H22BrN7O3/c1-11(2)29-19(23)17(20(24)31)18(28-29)21(32)27-15-8-14(9-25-10-15)26-16(30)7-12-3-5-13(22)6-4-12/h3-6,8-11H,7,23H2,1-2H3,(H2,24,31)(H,26,30)(H,27,32). The fourth-order valence-corrected chi connectivity index (χ4v) is 3.27. The van der Waals surface area contributed by atoms with Crippen molar-refractivity contribution in [2.24, 2.45) is 5.73 Å². The average Bonchev–Trinajstić information content (AvgIpc) is 3.08. The minimum Gasteiger partial charge on any atom is -0.383 e. The van der Waals surface area contributed by atoms with Crippen molar-refractivity contribution >= 4 is 50.8 Å². The Morgan fingerprint density at radius 2 is 1.72 bits per heavy atom. The molecule has 166 valence electrons. The third-order valence-corrected chi connectivity index (χ3v) is 4.98. The molecule has 0 saturated carbocycles. The fourth-order valence-electron chi connectivity index (χ4n) is 3.00. The number of hydrogen-bond donors (Lipinski definition) is 4. The number of primary amides is 1. The Morgan fingerprint density at radius 1 is 1.09 bits per heavy atom. The highest BCUT2D eigenvalue weighted by Gasteiger charge is 2.26. The number of halogens is 1. The third kappa shape index (κ3) is 5.30. The van der Waals surface area contributed by atoms with Crippen molar-refractivity contribution in [3.8, 4) is 0 Å². The molecule has 2 heterocycles. The van der Waals surface area contributed by atoms with Crippen LogP contribution in [-0.4, -0.2) is 32.5 Å². The molecule has 0 aliphatic carbocycles. The van der Waals surface area contributed by atoms with E-state index in [0.29, 0.717) is 11.4 Å². The SMILES string of the molecule is CC(C)n1nc(C(=O)Nc2cncc(NC(=O)Cc3ccc(Br)cc3)c2)c(C(N)=O)c1N. The number of anilines is 3. The summed E-state index contributed by atoms with van der Waals surface area (Å²) in [7, 11) is 0. The van der Waals surface area contributed by atoms with Gasteiger partial charge in [-0.1, -0.05) is 28.1 Å². The minimum absolute atomic E-state index is 0.0183. The normalized spacial score (nSPS) is 10.8. The number of nitrogens with one attached hydrogen (secondary N) is 2. The zero-order chi connectivity index (χ0) is 23.4. The molecule has 6 N–H and O–H groups in total. The molecule has 11 heteroatoms. The van der Waals surface area contributed by atoms with Crippen LogP contribution in [0.3, 0.4) is 0 Å². The predicted octanol–water partition coefficient (Wildman–Crippen LogP) is 2.74. The Morgan fingerprint density at radius 3 is 2.31 bits per heavy atom. The second kappa shape index (κ2) is 9.60. The molecule has 0 atom stereocenters. The lowest BCUT2D eigenvalue weighted by molar-refractivity contribution is -0.115. The lowest BCUT2D eigenvalue weighted by Crippen LogP contribution is -2.21. The molecule has 3 aromatic rings. The Bertz CT molecular complexity index is 1170. The molecule has 3 rings (SSSR count). The topological polar surface area (TPSA) is 158 Å². The first-order chi connectivity index (χ1) is 15.2. The lowest BCUT2D eigenvalue weighted by Gasteiger charge is -2.08. The molecule has 0 aliphatic heterocycles. The largest absolute Gasteiger partial charge is 0.383 e. The monoisotopic (exact) mass is 499 g/mol. The van der Waals surface area contributed by atoms with Gasteiger partial charge in [-0.05, 0) is 37.6 Å². The average molecular weight is 500 g/mol. The fraction of sp³-hybridized carbons (Fsp3) is 0.190. The summed E-state index contributed by atoms with van der Waals surface area (Å²) in [4.78, 5) is 40.9. The van der Waals surface area contributed by atoms with Gasteiger partial charge in [-0.2, -0.15) is 5.10 Å². The van der Waals surface area contributed by atoms with E-state index in [1.807, 2.05) is 24.3 Å². The van der Waals surface area contributed by atoms with Crippen LogP contribution >= 0.6 is 15.9 Å². The quantitative estimate of drug-likeness (QED) is 0.391. The van der Waals surface area contributed by atoms with Crippen molar-refractivity contribution in [1.29, 1.82) is 0 Å². The van der Waals surface area contributed by atoms with Crippen LogP contribution in [0, 0.1) is 0 Å². The van der Waals surface area contributed by atoms with Crippen LogP contribution in [0.2, 0.25) is 0 Å². The van der Waals surface area contributed by atoms with E-state index in [-0.39, 0.29) is 35.4 Å². The highest BCUT2D eigenvalue weighted by Crippen LogP contribution is 2.22. The Hall–Kier alpha value is -3.73. The number of aromatic nitrogens is 3. The van der Waals surface area contributed by atoms with Gasteiger partial charge in [-0.3, -0.25) is 19.4 Å². The van der Waals surface area contributed by atoms with Gasteiger partial charge < -0.3 is 22.1 Å². The summed E-state index contributed by atoms with van der Waals surface area (Å²) in [5.74, 6) is -1.75. The number of carbonyl (C=O) groups is 3. The van der Waals surface area contributed by atoms with E-state index in [4.69, 9.17) is 11.5 Å². The molecule has 0 saturated heterocycles. The molecule has 0 bridgehead atoms. The summed E-state index contributed by atoms with van der Waals surface area (Å²) in [6.45, 7) is 3.61. The molecule has 10 nitrogen and oxygen atoms in total. The summed E-state index contributed by atoms with van der Waals surface area (Å²) < 4.78 is 2.28. The molecule has 2 aromatic heterocycles. The molecule has 1 aromatic carbocycles. The molecule has 32 heavy (non-hydrogen) atoms. The van der Waals surface area contributed by atoms with E-state index in [0.717, 1.165) is 10.0 Å². The number of amides is 3. The van der Waals surface area contributed by atoms with Crippen molar-refractivity contribution in [2.75, 3.05) is 16.4 Å². The van der Waals surface area contributed by atoms with Crippen molar-refractivity contribution in [3.63, 3.8) is 0 Å². The maximum atomic E-state index is 12.8. The molecular weight excluding hydrogens is 478 g/mol. The Balaban J connectivity index is 1.74. The van der Waals surface area contributed by atoms with Gasteiger partial charge in [0.2, 0.25) is 5.91 Å². The van der Waals surface area contributed by atoms with Crippen LogP contribution in [0.1, 0.15) is 46.3 Å². The second-order valence-electron chi connectivity index (χ2n) is 7.28. The van der Waals surface area contributed by atoms with Gasteiger partial charge in [0, 0.05) is 10.5 Å². The van der Waals surface area contributed by atoms with E-state index >= 15 is 0 Å². The first kappa shape index (κ1) is 22.9. The Labute approximate surface area is 192 Å². The smallest absolute Gasteiger partial charge is 0.277 e. The number of nitrogens with zero attached hydrogens (tertiary/aromatic N) is 3. The molecule has 3 amide bonds. The van der Waals surface area contributed by atoms with E-state index < -0.39 is 11.8 Å². The van der Waals surface area contributed by atoms with E-state index in [2.05, 4.69) is 36.6 Å². The third-order valence-electron chi connectivity index (χ3n) is 4.46. The van der Waals surface area contributed by atoms with Gasteiger partial charge in [0.05, 0.1) is 30.2 Å². The van der Waals surface area contributed by atoms with Crippen LogP contribution < -0.4 is 22.1 Å². The van der Waals surface area contributed by atoms with Gasteiger partial charge in [0.1, 0.15) is 11.4 Å². The van der Waals surface area contributed by atoms with Gasteiger partial charge in [-0.15, -0.1) is 0 Å². The summed E-state index contributed by atoms with van der Waals surface area (Å²) >= 11 is 3.35. The van der Waals surface area contributed by atoms with Crippen molar-refractivity contribution in [1.82, 2.24) is 14.8 Å². The molecule has 0 aliphatic rings. The number of nitrogen functional groups attached to an aromatic ring is 1. The van der Waals surface area contributed by atoms with Crippen molar-refractivity contribution in [2.45, 2.75) is 26.3 Å². The minimum atomic E-state index is -0.855. The zero-order valence-electron chi connectivity index (χ0n) is 17.4. The number of carbonyl (C=O) groups excluding carboxylic acids is 3. The van der Waals surface area contributed by atoms with Crippen LogP contribution in [0.5, 0.6) is 0 Å². The second-order valence-corrected chi connectivity index (χ2v) is 8.19. The number of hydrogen-bond acceptors (Lipinski definition) is 6. The molecule has 0 fully saturated rings. The molecular formula is C21H22BrN7O3. The number of benzene rings is 1. The first-order valence-corrected chi connectivity index (χ1v) is 10.4. The Kier molecular flexibility index (Phi) is 6.89. The predicted molar refractivity (Wildman–Crippen MR) is 124 cm³/mol. The number of rotatable bonds is 7. The first-order valence-electron chi connectivity index (χ1n) is 9.64. The van der Waals surface area contributed by atoms with Gasteiger partial charge in [-0.25, -0.2) is 4.68 Å². The summed E-state index contributed by atoms with van der Waals surface area (Å²) in [5.41, 5.74) is 12.5. The van der Waals surface area contributed by atoms with Gasteiger partial charge in [0.25, 0.3) is 11.8 Å². The number of nitrogens with two attached hydrogens (primary N) is 2. The maximum Gasteiger partial charge on any atom is 0.277 e. The van der Waals surface area contributed by atoms with Crippen LogP contribution in [0.15, 0.2) is 47.2 Å². The highest BCUT2D eigenvalue weighted by atomic mass is 79.9. The van der Waals surface area contributed by atoms with Crippen molar-refractivity contribution in [3.05, 3.63) is 64.0 Å². The highest BCUT2D eigenvalue weighted by molar-refractivity contribution is 9.10. The molecule has 0 radical (unpaired) electrons. The van der Waals surface area contributed by atoms with Gasteiger partial charge in [0.15, 0.2) is 5.69 Å². The lowest BCUT2D eigenvalue weighted by atomic mass is 10.1.